The summed E-state index contributed by atoms with van der Waals surface area (Å²) in [6.45, 7) is 7.20. The summed E-state index contributed by atoms with van der Waals surface area (Å²) >= 11 is 0. The lowest BCUT2D eigenvalue weighted by Crippen LogP contribution is -2.38. The molecule has 3 heterocycles. The van der Waals surface area contributed by atoms with E-state index in [0.29, 0.717) is 24.7 Å². The van der Waals surface area contributed by atoms with Gasteiger partial charge < -0.3 is 4.57 Å². The molecule has 0 aliphatic carbocycles. The van der Waals surface area contributed by atoms with Gasteiger partial charge in [-0.3, -0.25) is 24.0 Å². The van der Waals surface area contributed by atoms with Crippen LogP contribution in [0.25, 0.3) is 0 Å². The molecule has 7 nitrogen and oxygen atoms in total. The lowest BCUT2D eigenvalue weighted by molar-refractivity contribution is 0.164. The van der Waals surface area contributed by atoms with Gasteiger partial charge in [0, 0.05) is 38.6 Å². The quantitative estimate of drug-likeness (QED) is 0.808. The Morgan fingerprint density at radius 3 is 2.58 bits per heavy atom. The second-order valence-electron chi connectivity index (χ2n) is 7.47. The van der Waals surface area contributed by atoms with Crippen LogP contribution in [-0.2, 0) is 20.1 Å². The number of nitrogens with zero attached hydrogens (tertiary/aromatic N) is 5. The number of aromatic nitrogens is 4. The Morgan fingerprint density at radius 1 is 1.19 bits per heavy atom. The van der Waals surface area contributed by atoms with Crippen LogP contribution in [0.15, 0.2) is 34.4 Å². The summed E-state index contributed by atoms with van der Waals surface area (Å²) in [5.74, 6) is 0.724. The molecule has 1 aliphatic heterocycles. The van der Waals surface area contributed by atoms with Crippen LogP contribution in [0.2, 0.25) is 0 Å². The van der Waals surface area contributed by atoms with Gasteiger partial charge in [-0.2, -0.15) is 0 Å². The molecule has 26 heavy (non-hydrogen) atoms. The minimum atomic E-state index is -0.0301. The van der Waals surface area contributed by atoms with Crippen molar-refractivity contribution < 1.29 is 0 Å². The SMILES string of the molecule is CC(C)c1cc(=O)n(CC2CCN(Cc3nccn(C)c3=O)CC2)cn1. The zero-order chi connectivity index (χ0) is 18.7. The zero-order valence-electron chi connectivity index (χ0n) is 15.8. The molecule has 0 unspecified atom stereocenters. The van der Waals surface area contributed by atoms with Crippen LogP contribution in [0.5, 0.6) is 0 Å². The molecule has 140 valence electrons. The van der Waals surface area contributed by atoms with Crippen LogP contribution in [0.3, 0.4) is 0 Å². The first-order chi connectivity index (χ1) is 12.4. The summed E-state index contributed by atoms with van der Waals surface area (Å²) < 4.78 is 3.29. The van der Waals surface area contributed by atoms with E-state index in [0.717, 1.165) is 31.6 Å². The molecule has 0 atom stereocenters. The highest BCUT2D eigenvalue weighted by Gasteiger charge is 2.21. The first-order valence-electron chi connectivity index (χ1n) is 9.23. The Balaban J connectivity index is 1.56. The normalized spacial score (nSPS) is 16.3. The molecule has 3 rings (SSSR count). The van der Waals surface area contributed by atoms with Gasteiger partial charge in [0.25, 0.3) is 11.1 Å². The van der Waals surface area contributed by atoms with E-state index in [4.69, 9.17) is 0 Å². The van der Waals surface area contributed by atoms with Gasteiger partial charge in [-0.15, -0.1) is 0 Å². The third kappa shape index (κ3) is 4.27. The van der Waals surface area contributed by atoms with E-state index in [9.17, 15) is 9.59 Å². The minimum Gasteiger partial charge on any atom is -0.315 e. The fourth-order valence-electron chi connectivity index (χ4n) is 3.37. The van der Waals surface area contributed by atoms with Crippen molar-refractivity contribution in [1.29, 1.82) is 0 Å². The van der Waals surface area contributed by atoms with Crippen molar-refractivity contribution in [1.82, 2.24) is 24.0 Å². The van der Waals surface area contributed by atoms with E-state index >= 15 is 0 Å². The Morgan fingerprint density at radius 2 is 1.92 bits per heavy atom. The summed E-state index contributed by atoms with van der Waals surface area (Å²) in [6, 6.07) is 1.65. The third-order valence-electron chi connectivity index (χ3n) is 5.12. The van der Waals surface area contributed by atoms with E-state index in [2.05, 4.69) is 14.9 Å². The minimum absolute atomic E-state index is 0.0301. The Bertz CT molecular complexity index is 863. The van der Waals surface area contributed by atoms with Crippen molar-refractivity contribution in [3.05, 3.63) is 56.9 Å². The van der Waals surface area contributed by atoms with Gasteiger partial charge in [-0.05, 0) is 37.8 Å². The van der Waals surface area contributed by atoms with Gasteiger partial charge in [0.1, 0.15) is 5.69 Å². The highest BCUT2D eigenvalue weighted by Crippen LogP contribution is 2.19. The standard InChI is InChI=1S/C19H27N5O2/c1-14(2)16-10-18(25)24(13-21-16)11-15-4-7-23(8-5-15)12-17-19(26)22(3)9-6-20-17/h6,9-10,13-15H,4-5,7-8,11-12H2,1-3H3. The molecule has 7 heteroatoms. The number of aryl methyl sites for hydroxylation is 1. The maximum absolute atomic E-state index is 12.3. The predicted octanol–water partition coefficient (Wildman–Crippen LogP) is 1.37. The molecule has 1 fully saturated rings. The summed E-state index contributed by atoms with van der Waals surface area (Å²) in [5, 5.41) is 0. The van der Waals surface area contributed by atoms with Gasteiger partial charge in [0.05, 0.1) is 12.0 Å². The third-order valence-corrected chi connectivity index (χ3v) is 5.12. The molecular formula is C19H27N5O2. The fraction of sp³-hybridized carbons (Fsp3) is 0.579. The molecule has 0 bridgehead atoms. The molecule has 2 aromatic rings. The van der Waals surface area contributed by atoms with Gasteiger partial charge in [-0.25, -0.2) is 4.98 Å². The maximum Gasteiger partial charge on any atom is 0.273 e. The summed E-state index contributed by atoms with van der Waals surface area (Å²) in [7, 11) is 1.75. The maximum atomic E-state index is 12.3. The van der Waals surface area contributed by atoms with E-state index in [1.54, 1.807) is 41.0 Å². The fourth-order valence-corrected chi connectivity index (χ4v) is 3.37. The van der Waals surface area contributed by atoms with E-state index in [1.165, 1.54) is 0 Å². The molecule has 0 amide bonds. The molecule has 0 aromatic carbocycles. The van der Waals surface area contributed by atoms with Gasteiger partial charge in [0.2, 0.25) is 0 Å². The van der Waals surface area contributed by atoms with Crippen LogP contribution in [0.4, 0.5) is 0 Å². The van der Waals surface area contributed by atoms with E-state index < -0.39 is 0 Å². The lowest BCUT2D eigenvalue weighted by atomic mass is 9.96. The average Bonchev–Trinajstić information content (AvgIpc) is 2.62. The number of hydrogen-bond acceptors (Lipinski definition) is 5. The number of piperidine rings is 1. The summed E-state index contributed by atoms with van der Waals surface area (Å²) in [6.07, 6.45) is 7.04. The Labute approximate surface area is 153 Å². The molecule has 2 aromatic heterocycles. The molecule has 1 aliphatic rings. The van der Waals surface area contributed by atoms with Crippen LogP contribution < -0.4 is 11.1 Å². The largest absolute Gasteiger partial charge is 0.315 e. The van der Waals surface area contributed by atoms with Crippen molar-refractivity contribution in [3.8, 4) is 0 Å². The number of rotatable bonds is 5. The van der Waals surface area contributed by atoms with Crippen LogP contribution in [0.1, 0.15) is 44.0 Å². The van der Waals surface area contributed by atoms with Crippen molar-refractivity contribution in [2.24, 2.45) is 13.0 Å². The highest BCUT2D eigenvalue weighted by atomic mass is 16.1. The molecular weight excluding hydrogens is 330 g/mol. The second kappa shape index (κ2) is 7.95. The molecule has 0 saturated carbocycles. The molecule has 1 saturated heterocycles. The predicted molar refractivity (Wildman–Crippen MR) is 100 cm³/mol. The smallest absolute Gasteiger partial charge is 0.273 e. The number of hydrogen-bond donors (Lipinski definition) is 0. The Kier molecular flexibility index (Phi) is 5.66. The second-order valence-corrected chi connectivity index (χ2v) is 7.47. The van der Waals surface area contributed by atoms with Crippen LogP contribution >= 0.6 is 0 Å². The van der Waals surface area contributed by atoms with Crippen molar-refractivity contribution in [2.75, 3.05) is 13.1 Å². The van der Waals surface area contributed by atoms with Gasteiger partial charge >= 0.3 is 0 Å². The first-order valence-corrected chi connectivity index (χ1v) is 9.23. The van der Waals surface area contributed by atoms with Crippen LogP contribution in [0, 0.1) is 5.92 Å². The van der Waals surface area contributed by atoms with Crippen molar-refractivity contribution >= 4 is 0 Å². The van der Waals surface area contributed by atoms with Crippen molar-refractivity contribution in [3.63, 3.8) is 0 Å². The zero-order valence-corrected chi connectivity index (χ0v) is 15.8. The summed E-state index contributed by atoms with van der Waals surface area (Å²) in [4.78, 5) is 35.2. The first kappa shape index (κ1) is 18.5. The molecule has 0 radical (unpaired) electrons. The van der Waals surface area contributed by atoms with Gasteiger partial charge in [0.15, 0.2) is 0 Å². The van der Waals surface area contributed by atoms with Gasteiger partial charge in [-0.1, -0.05) is 13.8 Å². The topological polar surface area (TPSA) is 73.0 Å². The van der Waals surface area contributed by atoms with Crippen LogP contribution in [-0.4, -0.2) is 37.1 Å². The number of likely N-dealkylation sites (tertiary alicyclic amines) is 1. The average molecular weight is 357 g/mol. The monoisotopic (exact) mass is 357 g/mol. The van der Waals surface area contributed by atoms with Crippen molar-refractivity contribution in [2.45, 2.75) is 45.7 Å². The lowest BCUT2D eigenvalue weighted by Gasteiger charge is -2.31. The molecule has 0 spiro atoms. The van der Waals surface area contributed by atoms with E-state index in [-0.39, 0.29) is 17.0 Å². The highest BCUT2D eigenvalue weighted by molar-refractivity contribution is 5.04. The van der Waals surface area contributed by atoms with E-state index in [1.807, 2.05) is 13.8 Å². The Hall–Kier alpha value is -2.28. The molecule has 0 N–H and O–H groups in total. The summed E-state index contributed by atoms with van der Waals surface area (Å²) in [5.41, 5.74) is 1.44.